The summed E-state index contributed by atoms with van der Waals surface area (Å²) in [6.07, 6.45) is 2.36. The molecule has 2 heterocycles. The molecule has 0 radical (unpaired) electrons. The largest absolute Gasteiger partial charge is 0.385 e. The number of methoxy groups -OCH3 is 1. The molecule has 0 fully saturated rings. The van der Waals surface area contributed by atoms with Gasteiger partial charge in [-0.05, 0) is 32.4 Å². The lowest BCUT2D eigenvalue weighted by atomic mass is 10.1. The molecule has 2 aromatic heterocycles. The van der Waals surface area contributed by atoms with E-state index < -0.39 is 0 Å². The van der Waals surface area contributed by atoms with E-state index in [-0.39, 0.29) is 5.91 Å². The van der Waals surface area contributed by atoms with Crippen LogP contribution < -0.4 is 10.6 Å². The quantitative estimate of drug-likeness (QED) is 0.627. The first-order valence-electron chi connectivity index (χ1n) is 8.94. The van der Waals surface area contributed by atoms with Gasteiger partial charge in [-0.25, -0.2) is 4.98 Å². The van der Waals surface area contributed by atoms with Crippen LogP contribution in [0.3, 0.4) is 0 Å². The summed E-state index contributed by atoms with van der Waals surface area (Å²) < 4.78 is 6.76. The maximum Gasteiger partial charge on any atom is 0.254 e. The van der Waals surface area contributed by atoms with Gasteiger partial charge in [0.05, 0.1) is 22.3 Å². The molecule has 0 aliphatic heterocycles. The van der Waals surface area contributed by atoms with Crippen LogP contribution in [0.15, 0.2) is 30.5 Å². The molecule has 3 aromatic rings. The molecule has 0 spiro atoms. The lowest BCUT2D eigenvalue weighted by Crippen LogP contribution is -2.26. The Balaban J connectivity index is 2.00. The van der Waals surface area contributed by atoms with Crippen LogP contribution in [0.25, 0.3) is 11.0 Å². The van der Waals surface area contributed by atoms with Crippen LogP contribution in [0.5, 0.6) is 0 Å². The molecule has 0 unspecified atom stereocenters. The fourth-order valence-corrected chi connectivity index (χ4v) is 3.01. The molecule has 142 valence electrons. The first-order chi connectivity index (χ1) is 13.0. The minimum Gasteiger partial charge on any atom is -0.385 e. The van der Waals surface area contributed by atoms with Gasteiger partial charge in [-0.15, -0.1) is 0 Å². The van der Waals surface area contributed by atoms with Gasteiger partial charge in [-0.1, -0.05) is 17.7 Å². The predicted molar refractivity (Wildman–Crippen MR) is 107 cm³/mol. The van der Waals surface area contributed by atoms with Crippen LogP contribution in [0, 0.1) is 13.8 Å². The normalized spacial score (nSPS) is 11.0. The highest BCUT2D eigenvalue weighted by Crippen LogP contribution is 2.31. The van der Waals surface area contributed by atoms with Crippen LogP contribution in [0.1, 0.15) is 28.0 Å². The van der Waals surface area contributed by atoms with E-state index in [0.717, 1.165) is 34.5 Å². The van der Waals surface area contributed by atoms with Crippen LogP contribution in [0.2, 0.25) is 0 Å². The Morgan fingerprint density at radius 2 is 1.96 bits per heavy atom. The Kier molecular flexibility index (Phi) is 5.71. The number of hydrogen-bond acceptors (Lipinski definition) is 5. The highest BCUT2D eigenvalue weighted by Gasteiger charge is 2.20. The lowest BCUT2D eigenvalue weighted by Gasteiger charge is -2.14. The smallest absolute Gasteiger partial charge is 0.254 e. The second-order valence-electron chi connectivity index (χ2n) is 6.55. The number of nitrogens with one attached hydrogen (secondary N) is 2. The zero-order chi connectivity index (χ0) is 19.4. The van der Waals surface area contributed by atoms with E-state index in [1.807, 2.05) is 45.2 Å². The Morgan fingerprint density at radius 1 is 1.22 bits per heavy atom. The van der Waals surface area contributed by atoms with Crippen molar-refractivity contribution in [3.05, 3.63) is 47.3 Å². The third kappa shape index (κ3) is 4.09. The summed E-state index contributed by atoms with van der Waals surface area (Å²) in [6, 6.07) is 8.05. The summed E-state index contributed by atoms with van der Waals surface area (Å²) >= 11 is 0. The van der Waals surface area contributed by atoms with Crippen molar-refractivity contribution >= 4 is 28.3 Å². The number of aromatic nitrogens is 3. The van der Waals surface area contributed by atoms with Crippen molar-refractivity contribution in [1.82, 2.24) is 20.1 Å². The Morgan fingerprint density at radius 3 is 2.67 bits per heavy atom. The number of nitrogens with zero attached hydrogens (tertiary/aromatic N) is 3. The van der Waals surface area contributed by atoms with Crippen molar-refractivity contribution in [2.75, 3.05) is 25.6 Å². The van der Waals surface area contributed by atoms with Crippen molar-refractivity contribution in [1.29, 1.82) is 0 Å². The fraction of sp³-hybridized carbons (Fsp3) is 0.350. The highest BCUT2D eigenvalue weighted by atomic mass is 16.5. The van der Waals surface area contributed by atoms with Gasteiger partial charge >= 0.3 is 0 Å². The molecule has 0 saturated carbocycles. The Hall–Kier alpha value is -2.93. The fourth-order valence-electron chi connectivity index (χ4n) is 3.01. The van der Waals surface area contributed by atoms with E-state index in [4.69, 9.17) is 4.74 Å². The zero-order valence-corrected chi connectivity index (χ0v) is 16.2. The molecule has 0 aliphatic carbocycles. The van der Waals surface area contributed by atoms with Crippen LogP contribution >= 0.6 is 0 Å². The summed E-state index contributed by atoms with van der Waals surface area (Å²) in [6.45, 7) is 5.11. The first kappa shape index (κ1) is 18.8. The van der Waals surface area contributed by atoms with Gasteiger partial charge in [-0.3, -0.25) is 9.48 Å². The molecule has 1 aromatic carbocycles. The average molecular weight is 367 g/mol. The molecule has 7 heteroatoms. The number of benzene rings is 1. The molecule has 0 saturated heterocycles. The highest BCUT2D eigenvalue weighted by molar-refractivity contribution is 6.08. The van der Waals surface area contributed by atoms with Crippen molar-refractivity contribution < 1.29 is 9.53 Å². The minimum absolute atomic E-state index is 0.168. The number of fused-ring (bicyclic) bond motifs is 1. The van der Waals surface area contributed by atoms with Crippen LogP contribution in [-0.2, 0) is 11.8 Å². The van der Waals surface area contributed by atoms with E-state index in [9.17, 15) is 4.79 Å². The summed E-state index contributed by atoms with van der Waals surface area (Å²) in [7, 11) is 3.50. The monoisotopic (exact) mass is 367 g/mol. The molecule has 0 atom stereocenters. The van der Waals surface area contributed by atoms with E-state index in [0.29, 0.717) is 18.7 Å². The summed E-state index contributed by atoms with van der Waals surface area (Å²) in [5.41, 5.74) is 4.86. The van der Waals surface area contributed by atoms with E-state index in [1.165, 1.54) is 5.56 Å². The van der Waals surface area contributed by atoms with E-state index in [1.54, 1.807) is 18.0 Å². The third-order valence-electron chi connectivity index (χ3n) is 4.40. The number of ether oxygens (including phenoxy) is 1. The van der Waals surface area contributed by atoms with Gasteiger partial charge in [0, 0.05) is 39.2 Å². The van der Waals surface area contributed by atoms with Gasteiger partial charge in [0.25, 0.3) is 5.91 Å². The van der Waals surface area contributed by atoms with Crippen molar-refractivity contribution in [2.24, 2.45) is 7.05 Å². The number of rotatable bonds is 7. The van der Waals surface area contributed by atoms with Gasteiger partial charge in [-0.2, -0.15) is 5.10 Å². The number of hydrogen-bond donors (Lipinski definition) is 2. The van der Waals surface area contributed by atoms with Gasteiger partial charge < -0.3 is 15.4 Å². The maximum absolute atomic E-state index is 12.8. The second kappa shape index (κ2) is 8.18. The molecule has 7 nitrogen and oxygen atoms in total. The average Bonchev–Trinajstić information content (AvgIpc) is 2.95. The topological polar surface area (TPSA) is 81.1 Å². The molecule has 0 bridgehead atoms. The van der Waals surface area contributed by atoms with Crippen molar-refractivity contribution in [3.63, 3.8) is 0 Å². The Labute approximate surface area is 158 Å². The van der Waals surface area contributed by atoms with Crippen LogP contribution in [-0.4, -0.2) is 40.9 Å². The summed E-state index contributed by atoms with van der Waals surface area (Å²) in [4.78, 5) is 17.2. The van der Waals surface area contributed by atoms with Gasteiger partial charge in [0.2, 0.25) is 0 Å². The SMILES string of the molecule is COCCCNC(=O)c1cnc2c(c(C)nn2C)c1Nc1ccc(C)cc1. The summed E-state index contributed by atoms with van der Waals surface area (Å²) in [5, 5.41) is 11.6. The molecule has 3 rings (SSSR count). The van der Waals surface area contributed by atoms with Crippen molar-refractivity contribution in [2.45, 2.75) is 20.3 Å². The third-order valence-corrected chi connectivity index (χ3v) is 4.40. The number of anilines is 2. The maximum atomic E-state index is 12.8. The molecular weight excluding hydrogens is 342 g/mol. The second-order valence-corrected chi connectivity index (χ2v) is 6.55. The number of carbonyl (C=O) groups is 1. The summed E-state index contributed by atoms with van der Waals surface area (Å²) in [5.74, 6) is -0.168. The van der Waals surface area contributed by atoms with E-state index in [2.05, 4.69) is 20.7 Å². The molecule has 1 amide bonds. The van der Waals surface area contributed by atoms with Gasteiger partial charge in [0.1, 0.15) is 0 Å². The van der Waals surface area contributed by atoms with Gasteiger partial charge in [0.15, 0.2) is 5.65 Å². The molecule has 0 aliphatic rings. The van der Waals surface area contributed by atoms with Crippen LogP contribution in [0.4, 0.5) is 11.4 Å². The number of aryl methyl sites for hydroxylation is 3. The lowest BCUT2D eigenvalue weighted by molar-refractivity contribution is 0.0949. The Bertz CT molecular complexity index is 947. The standard InChI is InChI=1S/C20H25N5O2/c1-13-6-8-15(9-7-13)23-18-16(20(26)21-10-5-11-27-4)12-22-19-17(18)14(2)24-25(19)3/h6-9,12H,5,10-11H2,1-4H3,(H,21,26)(H,22,23). The molecular formula is C20H25N5O2. The predicted octanol–water partition coefficient (Wildman–Crippen LogP) is 3.10. The molecule has 2 N–H and O–H groups in total. The van der Waals surface area contributed by atoms with Crippen molar-refractivity contribution in [3.8, 4) is 0 Å². The molecule has 27 heavy (non-hydrogen) atoms. The zero-order valence-electron chi connectivity index (χ0n) is 16.2. The first-order valence-corrected chi connectivity index (χ1v) is 8.94. The minimum atomic E-state index is -0.168. The number of pyridine rings is 1. The number of carbonyl (C=O) groups excluding carboxylic acids is 1. The van der Waals surface area contributed by atoms with E-state index >= 15 is 0 Å². The number of amides is 1.